The van der Waals surface area contributed by atoms with Gasteiger partial charge >= 0.3 is 0 Å². The van der Waals surface area contributed by atoms with Gasteiger partial charge in [0.05, 0.1) is 25.9 Å². The van der Waals surface area contributed by atoms with Crippen molar-refractivity contribution in [3.8, 4) is 11.5 Å². The van der Waals surface area contributed by atoms with Gasteiger partial charge in [-0.2, -0.15) is 0 Å². The van der Waals surface area contributed by atoms with Gasteiger partial charge in [0.2, 0.25) is 0 Å². The Balaban J connectivity index is 2.00. The molecule has 2 aliphatic rings. The van der Waals surface area contributed by atoms with Crippen molar-refractivity contribution in [2.24, 2.45) is 5.92 Å². The molecule has 0 aromatic heterocycles. The molecule has 0 amide bonds. The number of unbranched alkanes of at least 4 members (excludes halogenated alkanes) is 2. The number of hydrogen-bond acceptors (Lipinski definition) is 3. The third kappa shape index (κ3) is 3.51. The van der Waals surface area contributed by atoms with Crippen LogP contribution in [0.1, 0.15) is 69.9 Å². The van der Waals surface area contributed by atoms with E-state index >= 15 is 0 Å². The zero-order valence-corrected chi connectivity index (χ0v) is 17.1. The van der Waals surface area contributed by atoms with Crippen molar-refractivity contribution in [1.29, 1.82) is 0 Å². The van der Waals surface area contributed by atoms with Gasteiger partial charge in [0.25, 0.3) is 0 Å². The van der Waals surface area contributed by atoms with Gasteiger partial charge in [-0.15, -0.1) is 0 Å². The van der Waals surface area contributed by atoms with Crippen LogP contribution in [0.5, 0.6) is 11.5 Å². The van der Waals surface area contributed by atoms with Gasteiger partial charge in [-0.3, -0.25) is 0 Å². The molecule has 0 radical (unpaired) electrons. The minimum atomic E-state index is 0.00639. The molecule has 3 nitrogen and oxygen atoms in total. The Labute approximate surface area is 158 Å². The van der Waals surface area contributed by atoms with Crippen LogP contribution in [0.15, 0.2) is 24.3 Å². The first-order chi connectivity index (χ1) is 12.4. The summed E-state index contributed by atoms with van der Waals surface area (Å²) in [7, 11) is 3.53. The standard InChI is InChI=1S/C23H34O3/c1-7-8-9-10-16-13-18(24-5)21(19(14-16)25-6)20-17(15(2)3)11-12-23(4)22(20)26-23/h13-14,17,20,22H,2,7-12H2,1,3-6H3/t17-,20?,22+,23-/m0/s1. The molecule has 1 saturated heterocycles. The zero-order valence-electron chi connectivity index (χ0n) is 17.1. The van der Waals surface area contributed by atoms with E-state index < -0.39 is 0 Å². The fourth-order valence-electron chi connectivity index (χ4n) is 4.69. The van der Waals surface area contributed by atoms with Crippen molar-refractivity contribution in [3.05, 3.63) is 35.4 Å². The van der Waals surface area contributed by atoms with E-state index in [1.807, 2.05) is 0 Å². The quantitative estimate of drug-likeness (QED) is 0.341. The van der Waals surface area contributed by atoms with Crippen molar-refractivity contribution in [3.63, 3.8) is 0 Å². The summed E-state index contributed by atoms with van der Waals surface area (Å²) in [6.45, 7) is 10.9. The van der Waals surface area contributed by atoms with Gasteiger partial charge in [0.15, 0.2) is 0 Å². The Hall–Kier alpha value is -1.48. The first-order valence-corrected chi connectivity index (χ1v) is 10.0. The summed E-state index contributed by atoms with van der Waals surface area (Å²) in [5.74, 6) is 2.53. The summed E-state index contributed by atoms with van der Waals surface area (Å²) >= 11 is 0. The first-order valence-electron chi connectivity index (χ1n) is 10.0. The van der Waals surface area contributed by atoms with Crippen molar-refractivity contribution in [2.75, 3.05) is 14.2 Å². The molecule has 26 heavy (non-hydrogen) atoms. The van der Waals surface area contributed by atoms with Crippen molar-refractivity contribution in [1.82, 2.24) is 0 Å². The number of ether oxygens (including phenoxy) is 3. The molecule has 2 fully saturated rings. The minimum absolute atomic E-state index is 0.00639. The lowest BCUT2D eigenvalue weighted by atomic mass is 9.69. The number of epoxide rings is 1. The molecule has 0 N–H and O–H groups in total. The number of fused-ring (bicyclic) bond motifs is 1. The van der Waals surface area contributed by atoms with Crippen LogP contribution in [0, 0.1) is 5.92 Å². The molecule has 3 heteroatoms. The summed E-state index contributed by atoms with van der Waals surface area (Å²) in [6.07, 6.45) is 7.18. The molecule has 1 aromatic rings. The highest BCUT2D eigenvalue weighted by atomic mass is 16.6. The monoisotopic (exact) mass is 358 g/mol. The van der Waals surface area contributed by atoms with Crippen LogP contribution in [-0.4, -0.2) is 25.9 Å². The normalized spacial score (nSPS) is 29.8. The average Bonchev–Trinajstić information content (AvgIpc) is 3.32. The molecule has 1 aliphatic carbocycles. The third-order valence-electron chi connectivity index (χ3n) is 6.29. The largest absolute Gasteiger partial charge is 0.496 e. The number of allylic oxidation sites excluding steroid dienone is 1. The summed E-state index contributed by atoms with van der Waals surface area (Å²) in [4.78, 5) is 0. The van der Waals surface area contributed by atoms with Crippen LogP contribution in [0.3, 0.4) is 0 Å². The second-order valence-corrected chi connectivity index (χ2v) is 8.24. The second kappa shape index (κ2) is 7.64. The maximum atomic E-state index is 6.17. The molecule has 3 rings (SSSR count). The van der Waals surface area contributed by atoms with E-state index in [-0.39, 0.29) is 17.6 Å². The van der Waals surface area contributed by atoms with E-state index in [1.54, 1.807) is 14.2 Å². The van der Waals surface area contributed by atoms with Crippen LogP contribution in [0.25, 0.3) is 0 Å². The van der Waals surface area contributed by atoms with E-state index in [1.165, 1.54) is 30.4 Å². The Morgan fingerprint density at radius 1 is 1.23 bits per heavy atom. The molecule has 1 unspecified atom stereocenters. The first kappa shape index (κ1) is 19.3. The Morgan fingerprint density at radius 3 is 2.42 bits per heavy atom. The Morgan fingerprint density at radius 2 is 1.88 bits per heavy atom. The molecule has 1 aliphatic heterocycles. The van der Waals surface area contributed by atoms with E-state index in [0.717, 1.165) is 36.3 Å². The predicted octanol–water partition coefficient (Wildman–Crippen LogP) is 5.66. The van der Waals surface area contributed by atoms with Gasteiger partial charge < -0.3 is 14.2 Å². The minimum Gasteiger partial charge on any atom is -0.496 e. The maximum Gasteiger partial charge on any atom is 0.126 e. The number of benzene rings is 1. The van der Waals surface area contributed by atoms with E-state index in [4.69, 9.17) is 14.2 Å². The lowest BCUT2D eigenvalue weighted by Crippen LogP contribution is -2.31. The Bertz CT molecular complexity index is 640. The lowest BCUT2D eigenvalue weighted by Gasteiger charge is -2.34. The zero-order chi connectivity index (χ0) is 18.9. The Kier molecular flexibility index (Phi) is 5.67. The molecule has 0 spiro atoms. The van der Waals surface area contributed by atoms with Crippen LogP contribution in [0.2, 0.25) is 0 Å². The van der Waals surface area contributed by atoms with Crippen LogP contribution >= 0.6 is 0 Å². The lowest BCUT2D eigenvalue weighted by molar-refractivity contribution is 0.302. The molecule has 1 heterocycles. The number of hydrogen-bond donors (Lipinski definition) is 0. The number of methoxy groups -OCH3 is 2. The van der Waals surface area contributed by atoms with Gasteiger partial charge in [-0.25, -0.2) is 0 Å². The highest BCUT2D eigenvalue weighted by molar-refractivity contribution is 5.53. The summed E-state index contributed by atoms with van der Waals surface area (Å²) < 4.78 is 17.9. The molecular formula is C23H34O3. The van der Waals surface area contributed by atoms with Gasteiger partial charge in [0, 0.05) is 11.5 Å². The third-order valence-corrected chi connectivity index (χ3v) is 6.29. The topological polar surface area (TPSA) is 31.0 Å². The van der Waals surface area contributed by atoms with Crippen LogP contribution < -0.4 is 9.47 Å². The van der Waals surface area contributed by atoms with Crippen LogP contribution in [0.4, 0.5) is 0 Å². The highest BCUT2D eigenvalue weighted by Crippen LogP contribution is 2.60. The number of aryl methyl sites for hydroxylation is 1. The van der Waals surface area contributed by atoms with E-state index in [2.05, 4.69) is 39.5 Å². The average molecular weight is 359 g/mol. The fourth-order valence-corrected chi connectivity index (χ4v) is 4.69. The van der Waals surface area contributed by atoms with Crippen molar-refractivity contribution in [2.45, 2.75) is 76.9 Å². The number of rotatable bonds is 8. The van der Waals surface area contributed by atoms with Crippen molar-refractivity contribution < 1.29 is 14.2 Å². The summed E-state index contributed by atoms with van der Waals surface area (Å²) in [5.41, 5.74) is 3.68. The summed E-state index contributed by atoms with van der Waals surface area (Å²) in [6, 6.07) is 4.41. The smallest absolute Gasteiger partial charge is 0.126 e. The maximum absolute atomic E-state index is 6.17. The molecule has 1 aromatic carbocycles. The SMILES string of the molecule is C=C(C)[C@@H]1CC[C@]2(C)O[C@@H]2C1c1c(OC)cc(CCCCC)cc1OC. The van der Waals surface area contributed by atoms with Gasteiger partial charge in [0.1, 0.15) is 11.5 Å². The van der Waals surface area contributed by atoms with E-state index in [0.29, 0.717) is 5.92 Å². The van der Waals surface area contributed by atoms with Crippen LogP contribution in [-0.2, 0) is 11.2 Å². The van der Waals surface area contributed by atoms with Gasteiger partial charge in [-0.05, 0) is 63.1 Å². The predicted molar refractivity (Wildman–Crippen MR) is 106 cm³/mol. The second-order valence-electron chi connectivity index (χ2n) is 8.24. The van der Waals surface area contributed by atoms with Crippen molar-refractivity contribution >= 4 is 0 Å². The molecule has 1 saturated carbocycles. The highest BCUT2D eigenvalue weighted by Gasteiger charge is 2.61. The molecule has 4 atom stereocenters. The van der Waals surface area contributed by atoms with E-state index in [9.17, 15) is 0 Å². The molecule has 0 bridgehead atoms. The van der Waals surface area contributed by atoms with Gasteiger partial charge in [-0.1, -0.05) is 31.9 Å². The fraction of sp³-hybridized carbons (Fsp3) is 0.652. The molecule has 144 valence electrons. The molecular weight excluding hydrogens is 324 g/mol. The summed E-state index contributed by atoms with van der Waals surface area (Å²) in [5, 5.41) is 0.